The van der Waals surface area contributed by atoms with Crippen LogP contribution in [0.2, 0.25) is 0 Å². The maximum absolute atomic E-state index is 12.1. The summed E-state index contributed by atoms with van der Waals surface area (Å²) in [5.74, 6) is -1.03. The van der Waals surface area contributed by atoms with Crippen LogP contribution in [0.15, 0.2) is 0 Å². The summed E-state index contributed by atoms with van der Waals surface area (Å²) in [5, 5.41) is 18.3. The fourth-order valence-electron chi connectivity index (χ4n) is 2.92. The van der Waals surface area contributed by atoms with E-state index in [1.807, 2.05) is 0 Å². The van der Waals surface area contributed by atoms with Crippen LogP contribution in [0.1, 0.15) is 27.2 Å². The second-order valence-corrected chi connectivity index (χ2v) is 8.11. The Bertz CT molecular complexity index is 694. The predicted molar refractivity (Wildman–Crippen MR) is 98.9 cm³/mol. The molecule has 0 aromatic carbocycles. The van der Waals surface area contributed by atoms with Crippen LogP contribution in [0, 0.1) is 25.6 Å². The normalized spacial score (nSPS) is 25.5. The first-order chi connectivity index (χ1) is 15.0. The molecular weight excluding hydrogens is 440 g/mol. The molecule has 15 heteroatoms. The van der Waals surface area contributed by atoms with Crippen LogP contribution in [-0.4, -0.2) is 85.7 Å². The number of hydrogen-bond donors (Lipinski definition) is 0. The molecular formula is C17H26N2O13. The van der Waals surface area contributed by atoms with Crippen molar-refractivity contribution in [2.75, 3.05) is 33.0 Å². The molecule has 5 atom stereocenters. The fourth-order valence-corrected chi connectivity index (χ4v) is 2.92. The third-order valence-electron chi connectivity index (χ3n) is 4.47. The van der Waals surface area contributed by atoms with Gasteiger partial charge in [-0.05, 0) is 20.8 Å². The number of esters is 2. The standard InChI is InChI=1S/C17H26N2O13/c1-17(2,3)16(21)31-12-9-28-14-11(8-27-15(12)14)30-13(20)4-5-26-6-10(32-19(24)25)7-29-18(22)23/h10-12,14-15H,4-9H2,1-3H3. The highest BCUT2D eigenvalue weighted by atomic mass is 17.0. The Labute approximate surface area is 182 Å². The maximum Gasteiger partial charge on any atom is 0.311 e. The van der Waals surface area contributed by atoms with Crippen molar-refractivity contribution in [3.05, 3.63) is 20.2 Å². The van der Waals surface area contributed by atoms with Crippen LogP contribution in [0.5, 0.6) is 0 Å². The van der Waals surface area contributed by atoms with Gasteiger partial charge in [0.15, 0.2) is 18.3 Å². The first kappa shape index (κ1) is 25.5. The fraction of sp³-hybridized carbons (Fsp3) is 0.882. The van der Waals surface area contributed by atoms with Gasteiger partial charge in [-0.2, -0.15) is 0 Å². The average molecular weight is 466 g/mol. The van der Waals surface area contributed by atoms with Gasteiger partial charge in [-0.15, -0.1) is 20.2 Å². The van der Waals surface area contributed by atoms with Gasteiger partial charge in [-0.3, -0.25) is 9.59 Å². The van der Waals surface area contributed by atoms with Crippen LogP contribution in [-0.2, 0) is 42.9 Å². The van der Waals surface area contributed by atoms with E-state index >= 15 is 0 Å². The van der Waals surface area contributed by atoms with Crippen molar-refractivity contribution in [1.29, 1.82) is 0 Å². The first-order valence-electron chi connectivity index (χ1n) is 9.77. The summed E-state index contributed by atoms with van der Waals surface area (Å²) in [6, 6.07) is 0. The highest BCUT2D eigenvalue weighted by Gasteiger charge is 2.51. The van der Waals surface area contributed by atoms with Gasteiger partial charge in [0.1, 0.15) is 18.8 Å². The minimum Gasteiger partial charge on any atom is -0.457 e. The molecule has 0 N–H and O–H groups in total. The lowest BCUT2D eigenvalue weighted by Gasteiger charge is -2.22. The molecule has 5 unspecified atom stereocenters. The Kier molecular flexibility index (Phi) is 8.91. The van der Waals surface area contributed by atoms with Gasteiger partial charge in [-0.1, -0.05) is 0 Å². The van der Waals surface area contributed by atoms with Crippen LogP contribution in [0.25, 0.3) is 0 Å². The molecule has 2 aliphatic heterocycles. The molecule has 15 nitrogen and oxygen atoms in total. The van der Waals surface area contributed by atoms with E-state index in [9.17, 15) is 29.8 Å². The van der Waals surface area contributed by atoms with Crippen molar-refractivity contribution < 1.29 is 53.1 Å². The number of nitrogens with zero attached hydrogens (tertiary/aromatic N) is 2. The lowest BCUT2D eigenvalue weighted by Crippen LogP contribution is -2.38. The number of carbonyl (C=O) groups excluding carboxylic acids is 2. The van der Waals surface area contributed by atoms with E-state index in [2.05, 4.69) is 9.68 Å². The zero-order chi connectivity index (χ0) is 23.9. The minimum atomic E-state index is -1.34. The van der Waals surface area contributed by atoms with Crippen molar-refractivity contribution >= 4 is 11.9 Å². The largest absolute Gasteiger partial charge is 0.457 e. The summed E-state index contributed by atoms with van der Waals surface area (Å²) in [4.78, 5) is 52.9. The smallest absolute Gasteiger partial charge is 0.311 e. The van der Waals surface area contributed by atoms with Gasteiger partial charge in [0.25, 0.3) is 10.2 Å². The molecule has 0 amide bonds. The molecule has 2 aliphatic rings. The Morgan fingerprint density at radius 3 is 2.12 bits per heavy atom. The van der Waals surface area contributed by atoms with Gasteiger partial charge < -0.3 is 33.4 Å². The number of fused-ring (bicyclic) bond motifs is 1. The maximum atomic E-state index is 12.1. The van der Waals surface area contributed by atoms with E-state index < -0.39 is 71.3 Å². The number of hydrogen-bond acceptors (Lipinski definition) is 13. The van der Waals surface area contributed by atoms with Gasteiger partial charge in [0.05, 0.1) is 38.3 Å². The quantitative estimate of drug-likeness (QED) is 0.160. The van der Waals surface area contributed by atoms with Crippen LogP contribution in [0.4, 0.5) is 0 Å². The van der Waals surface area contributed by atoms with E-state index in [0.29, 0.717) is 0 Å². The van der Waals surface area contributed by atoms with E-state index in [-0.39, 0.29) is 26.2 Å². The predicted octanol–water partition coefficient (Wildman–Crippen LogP) is -0.154. The van der Waals surface area contributed by atoms with E-state index in [0.717, 1.165) is 0 Å². The first-order valence-corrected chi connectivity index (χ1v) is 9.77. The summed E-state index contributed by atoms with van der Waals surface area (Å²) in [6.07, 6.45) is -3.94. The summed E-state index contributed by atoms with van der Waals surface area (Å²) >= 11 is 0. The third-order valence-corrected chi connectivity index (χ3v) is 4.47. The summed E-state index contributed by atoms with van der Waals surface area (Å²) in [6.45, 7) is 4.08. The van der Waals surface area contributed by atoms with Gasteiger partial charge in [-0.25, -0.2) is 0 Å². The molecule has 0 aliphatic carbocycles. The van der Waals surface area contributed by atoms with Crippen molar-refractivity contribution in [2.24, 2.45) is 5.41 Å². The Morgan fingerprint density at radius 2 is 1.59 bits per heavy atom. The zero-order valence-electron chi connectivity index (χ0n) is 17.8. The third kappa shape index (κ3) is 7.72. The molecule has 0 saturated carbocycles. The lowest BCUT2D eigenvalue weighted by molar-refractivity contribution is -0.790. The molecule has 0 bridgehead atoms. The van der Waals surface area contributed by atoms with Crippen molar-refractivity contribution in [3.8, 4) is 0 Å². The molecule has 2 rings (SSSR count). The molecule has 2 fully saturated rings. The van der Waals surface area contributed by atoms with Crippen molar-refractivity contribution in [1.82, 2.24) is 0 Å². The molecule has 0 aromatic rings. The van der Waals surface area contributed by atoms with Crippen LogP contribution < -0.4 is 0 Å². The van der Waals surface area contributed by atoms with E-state index in [1.54, 1.807) is 20.8 Å². The van der Waals surface area contributed by atoms with Crippen LogP contribution in [0.3, 0.4) is 0 Å². The highest BCUT2D eigenvalue weighted by molar-refractivity contribution is 5.75. The second-order valence-electron chi connectivity index (χ2n) is 8.11. The monoisotopic (exact) mass is 466 g/mol. The number of rotatable bonds is 12. The van der Waals surface area contributed by atoms with Gasteiger partial charge in [0, 0.05) is 0 Å². The average Bonchev–Trinajstić information content (AvgIpc) is 3.25. The van der Waals surface area contributed by atoms with Crippen molar-refractivity contribution in [2.45, 2.75) is 57.7 Å². The SMILES string of the molecule is CC(C)(C)C(=O)OC1COC2C(OC(=O)CCOCC(CO[N+](=O)[O-])O[N+](=O)[O-])COC12. The summed E-state index contributed by atoms with van der Waals surface area (Å²) < 4.78 is 27.1. The molecule has 0 aromatic heterocycles. The Hall–Kier alpha value is -2.78. The molecule has 182 valence electrons. The highest BCUT2D eigenvalue weighted by Crippen LogP contribution is 2.32. The van der Waals surface area contributed by atoms with Crippen molar-refractivity contribution in [3.63, 3.8) is 0 Å². The molecule has 0 spiro atoms. The molecule has 32 heavy (non-hydrogen) atoms. The van der Waals surface area contributed by atoms with Gasteiger partial charge in [0.2, 0.25) is 0 Å². The van der Waals surface area contributed by atoms with E-state index in [4.69, 9.17) is 23.7 Å². The zero-order valence-corrected chi connectivity index (χ0v) is 17.8. The minimum absolute atomic E-state index is 0.0719. The molecule has 2 saturated heterocycles. The topological polar surface area (TPSA) is 185 Å². The number of ether oxygens (including phenoxy) is 5. The van der Waals surface area contributed by atoms with E-state index in [1.165, 1.54) is 0 Å². The molecule has 2 heterocycles. The van der Waals surface area contributed by atoms with Gasteiger partial charge >= 0.3 is 11.9 Å². The lowest BCUT2D eigenvalue weighted by atomic mass is 9.97. The Morgan fingerprint density at radius 1 is 1.00 bits per heavy atom. The summed E-state index contributed by atoms with van der Waals surface area (Å²) in [5.41, 5.74) is -0.679. The molecule has 0 radical (unpaired) electrons. The number of carbonyl (C=O) groups is 2. The Balaban J connectivity index is 1.71. The summed E-state index contributed by atoms with van der Waals surface area (Å²) in [7, 11) is 0. The van der Waals surface area contributed by atoms with Crippen LogP contribution >= 0.6 is 0 Å². The second kappa shape index (κ2) is 11.2.